The number of nitrogen functional groups attached to an aromatic ring is 1. The summed E-state index contributed by atoms with van der Waals surface area (Å²) in [6.45, 7) is 2.06. The SMILES string of the molecule is Cc1ccsc1C(NN)c1ccc(Cl)cc1N. The highest BCUT2D eigenvalue weighted by molar-refractivity contribution is 7.10. The van der Waals surface area contributed by atoms with Crippen LogP contribution in [-0.4, -0.2) is 0 Å². The molecule has 0 radical (unpaired) electrons. The van der Waals surface area contributed by atoms with E-state index in [1.165, 1.54) is 10.4 Å². The molecule has 1 aromatic heterocycles. The molecule has 5 N–H and O–H groups in total. The largest absolute Gasteiger partial charge is 0.398 e. The average Bonchev–Trinajstić information content (AvgIpc) is 2.69. The molecule has 0 fully saturated rings. The lowest BCUT2D eigenvalue weighted by atomic mass is 10.0. The zero-order valence-corrected chi connectivity index (χ0v) is 11.0. The summed E-state index contributed by atoms with van der Waals surface area (Å²) in [6.07, 6.45) is 0. The summed E-state index contributed by atoms with van der Waals surface area (Å²) in [5, 5.41) is 2.67. The Balaban J connectivity index is 2.46. The van der Waals surface area contributed by atoms with Crippen LogP contribution in [0.5, 0.6) is 0 Å². The highest BCUT2D eigenvalue weighted by atomic mass is 35.5. The topological polar surface area (TPSA) is 64.1 Å². The number of benzene rings is 1. The molecule has 5 heteroatoms. The van der Waals surface area contributed by atoms with Crippen LogP contribution in [0, 0.1) is 6.92 Å². The molecule has 0 amide bonds. The molecule has 0 spiro atoms. The van der Waals surface area contributed by atoms with E-state index >= 15 is 0 Å². The third-order valence-electron chi connectivity index (χ3n) is 2.69. The fraction of sp³-hybridized carbons (Fsp3) is 0.167. The number of aryl methyl sites for hydroxylation is 1. The zero-order chi connectivity index (χ0) is 12.4. The Kier molecular flexibility index (Phi) is 3.69. The van der Waals surface area contributed by atoms with Gasteiger partial charge in [0, 0.05) is 15.6 Å². The van der Waals surface area contributed by atoms with Crippen molar-refractivity contribution in [1.82, 2.24) is 5.43 Å². The van der Waals surface area contributed by atoms with Crippen LogP contribution in [0.4, 0.5) is 5.69 Å². The fourth-order valence-electron chi connectivity index (χ4n) is 1.80. The van der Waals surface area contributed by atoms with Crippen LogP contribution >= 0.6 is 22.9 Å². The molecule has 1 heterocycles. The second kappa shape index (κ2) is 5.06. The van der Waals surface area contributed by atoms with Gasteiger partial charge in [-0.1, -0.05) is 17.7 Å². The highest BCUT2D eigenvalue weighted by Crippen LogP contribution is 2.32. The normalized spacial score (nSPS) is 12.6. The van der Waals surface area contributed by atoms with Crippen LogP contribution in [0.15, 0.2) is 29.6 Å². The van der Waals surface area contributed by atoms with E-state index in [0.717, 1.165) is 5.56 Å². The highest BCUT2D eigenvalue weighted by Gasteiger charge is 2.18. The van der Waals surface area contributed by atoms with Crippen LogP contribution in [0.2, 0.25) is 5.02 Å². The molecule has 90 valence electrons. The Morgan fingerprint density at radius 2 is 2.12 bits per heavy atom. The lowest BCUT2D eigenvalue weighted by Crippen LogP contribution is -2.29. The molecule has 0 aliphatic heterocycles. The second-order valence-electron chi connectivity index (χ2n) is 3.84. The molecule has 1 atom stereocenters. The van der Waals surface area contributed by atoms with Gasteiger partial charge in [-0.15, -0.1) is 11.3 Å². The molecule has 0 saturated heterocycles. The fourth-order valence-corrected chi connectivity index (χ4v) is 2.98. The molecular formula is C12H14ClN3S. The minimum atomic E-state index is -0.0905. The van der Waals surface area contributed by atoms with Crippen molar-refractivity contribution in [2.45, 2.75) is 13.0 Å². The van der Waals surface area contributed by atoms with Crippen molar-refractivity contribution < 1.29 is 0 Å². The number of hydrogen-bond donors (Lipinski definition) is 3. The summed E-state index contributed by atoms with van der Waals surface area (Å²) < 4.78 is 0. The van der Waals surface area contributed by atoms with E-state index < -0.39 is 0 Å². The predicted molar refractivity (Wildman–Crippen MR) is 74.1 cm³/mol. The molecule has 2 rings (SSSR count). The Bertz CT molecular complexity index is 524. The maximum atomic E-state index is 5.98. The van der Waals surface area contributed by atoms with E-state index in [1.807, 2.05) is 17.5 Å². The van der Waals surface area contributed by atoms with Crippen molar-refractivity contribution in [2.24, 2.45) is 5.84 Å². The van der Waals surface area contributed by atoms with Gasteiger partial charge in [-0.3, -0.25) is 5.84 Å². The zero-order valence-electron chi connectivity index (χ0n) is 9.41. The van der Waals surface area contributed by atoms with Crippen LogP contribution < -0.4 is 17.0 Å². The number of hydrogen-bond acceptors (Lipinski definition) is 4. The lowest BCUT2D eigenvalue weighted by molar-refractivity contribution is 0.645. The van der Waals surface area contributed by atoms with Gasteiger partial charge >= 0.3 is 0 Å². The summed E-state index contributed by atoms with van der Waals surface area (Å²) in [7, 11) is 0. The molecule has 0 aliphatic carbocycles. The summed E-state index contributed by atoms with van der Waals surface area (Å²) in [5.41, 5.74) is 11.6. The first-order chi connectivity index (χ1) is 8.13. The summed E-state index contributed by atoms with van der Waals surface area (Å²) in [5.74, 6) is 5.64. The Hall–Kier alpha value is -1.07. The van der Waals surface area contributed by atoms with E-state index in [4.69, 9.17) is 23.2 Å². The van der Waals surface area contributed by atoms with Gasteiger partial charge in [0.15, 0.2) is 0 Å². The standard InChI is InChI=1S/C12H14ClN3S/c1-7-4-5-17-12(7)11(16-15)9-3-2-8(13)6-10(9)14/h2-6,11,16H,14-15H2,1H3. The smallest absolute Gasteiger partial charge is 0.0824 e. The van der Waals surface area contributed by atoms with Gasteiger partial charge in [0.25, 0.3) is 0 Å². The third-order valence-corrected chi connectivity index (χ3v) is 4.01. The molecule has 2 aromatic rings. The van der Waals surface area contributed by atoms with E-state index in [1.54, 1.807) is 17.4 Å². The monoisotopic (exact) mass is 267 g/mol. The molecule has 3 nitrogen and oxygen atoms in total. The van der Waals surface area contributed by atoms with Gasteiger partial charge in [-0.25, -0.2) is 5.43 Å². The maximum Gasteiger partial charge on any atom is 0.0824 e. The minimum Gasteiger partial charge on any atom is -0.398 e. The van der Waals surface area contributed by atoms with Crippen molar-refractivity contribution >= 4 is 28.6 Å². The van der Waals surface area contributed by atoms with E-state index in [2.05, 4.69) is 18.4 Å². The van der Waals surface area contributed by atoms with Gasteiger partial charge in [0.2, 0.25) is 0 Å². The number of rotatable bonds is 3. The van der Waals surface area contributed by atoms with E-state index in [9.17, 15) is 0 Å². The Labute approximate surface area is 109 Å². The number of nitrogens with one attached hydrogen (secondary N) is 1. The quantitative estimate of drug-likeness (QED) is 0.455. The minimum absolute atomic E-state index is 0.0905. The molecule has 17 heavy (non-hydrogen) atoms. The van der Waals surface area contributed by atoms with Gasteiger partial charge in [-0.05, 0) is 41.6 Å². The third kappa shape index (κ3) is 2.45. The van der Waals surface area contributed by atoms with E-state index in [-0.39, 0.29) is 6.04 Å². The molecule has 1 unspecified atom stereocenters. The van der Waals surface area contributed by atoms with Crippen molar-refractivity contribution in [1.29, 1.82) is 0 Å². The lowest BCUT2D eigenvalue weighted by Gasteiger charge is -2.18. The first kappa shape index (κ1) is 12.4. The van der Waals surface area contributed by atoms with Crippen LogP contribution in [0.25, 0.3) is 0 Å². The van der Waals surface area contributed by atoms with Gasteiger partial charge < -0.3 is 5.73 Å². The van der Waals surface area contributed by atoms with Crippen LogP contribution in [-0.2, 0) is 0 Å². The van der Waals surface area contributed by atoms with Crippen LogP contribution in [0.3, 0.4) is 0 Å². The molecule has 0 aliphatic rings. The van der Waals surface area contributed by atoms with Gasteiger partial charge in [0.1, 0.15) is 0 Å². The number of thiophene rings is 1. The van der Waals surface area contributed by atoms with Crippen LogP contribution in [0.1, 0.15) is 22.0 Å². The average molecular weight is 268 g/mol. The summed E-state index contributed by atoms with van der Waals surface area (Å²) >= 11 is 7.55. The number of nitrogens with two attached hydrogens (primary N) is 2. The summed E-state index contributed by atoms with van der Waals surface area (Å²) in [6, 6.07) is 7.44. The first-order valence-electron chi connectivity index (χ1n) is 5.18. The summed E-state index contributed by atoms with van der Waals surface area (Å²) in [4.78, 5) is 1.17. The number of halogens is 1. The van der Waals surface area contributed by atoms with Crippen molar-refractivity contribution in [3.8, 4) is 0 Å². The Morgan fingerprint density at radius 1 is 1.35 bits per heavy atom. The molecule has 0 bridgehead atoms. The number of anilines is 1. The van der Waals surface area contributed by atoms with Crippen molar-refractivity contribution in [3.63, 3.8) is 0 Å². The number of hydrazine groups is 1. The first-order valence-corrected chi connectivity index (χ1v) is 6.44. The maximum absolute atomic E-state index is 5.98. The van der Waals surface area contributed by atoms with Crippen molar-refractivity contribution in [2.75, 3.05) is 5.73 Å². The second-order valence-corrected chi connectivity index (χ2v) is 5.22. The van der Waals surface area contributed by atoms with Gasteiger partial charge in [-0.2, -0.15) is 0 Å². The van der Waals surface area contributed by atoms with Gasteiger partial charge in [0.05, 0.1) is 6.04 Å². The predicted octanol–water partition coefficient (Wildman–Crippen LogP) is 2.84. The molecular weight excluding hydrogens is 254 g/mol. The van der Waals surface area contributed by atoms with E-state index in [0.29, 0.717) is 10.7 Å². The Morgan fingerprint density at radius 3 is 2.65 bits per heavy atom. The molecule has 0 saturated carbocycles. The molecule has 1 aromatic carbocycles. The van der Waals surface area contributed by atoms with Crippen molar-refractivity contribution in [3.05, 3.63) is 50.7 Å².